The fourth-order valence-corrected chi connectivity index (χ4v) is 1.96. The van der Waals surface area contributed by atoms with Gasteiger partial charge in [-0.25, -0.2) is 0 Å². The first kappa shape index (κ1) is 12.1. The van der Waals surface area contributed by atoms with Crippen molar-refractivity contribution >= 4 is 28.2 Å². The van der Waals surface area contributed by atoms with Crippen LogP contribution in [0.1, 0.15) is 12.8 Å². The number of aromatic nitrogens is 1. The monoisotopic (exact) mass is 250 g/mol. The lowest BCUT2D eigenvalue weighted by atomic mass is 10.2. The van der Waals surface area contributed by atoms with Gasteiger partial charge in [-0.3, -0.25) is 4.98 Å². The van der Waals surface area contributed by atoms with Crippen LogP contribution in [0, 0.1) is 0 Å². The lowest BCUT2D eigenvalue weighted by Crippen LogP contribution is -2.03. The molecule has 0 spiro atoms. The number of pyridine rings is 1. The van der Waals surface area contributed by atoms with Gasteiger partial charge in [0.15, 0.2) is 0 Å². The van der Waals surface area contributed by atoms with E-state index in [9.17, 15) is 0 Å². The fraction of sp³-hybridized carbons (Fsp3) is 0.308. The molecule has 0 aliphatic rings. The quantitative estimate of drug-likeness (QED) is 0.802. The molecule has 0 aliphatic heterocycles. The molecule has 1 aromatic heterocycles. The maximum absolute atomic E-state index is 8.71. The van der Waals surface area contributed by atoms with Crippen LogP contribution in [0.3, 0.4) is 0 Å². The summed E-state index contributed by atoms with van der Waals surface area (Å²) in [5, 5.41) is 13.7. The molecule has 0 fully saturated rings. The van der Waals surface area contributed by atoms with Crippen LogP contribution in [0.15, 0.2) is 30.5 Å². The van der Waals surface area contributed by atoms with Crippen molar-refractivity contribution in [2.45, 2.75) is 12.8 Å². The van der Waals surface area contributed by atoms with Crippen LogP contribution in [-0.4, -0.2) is 23.2 Å². The van der Waals surface area contributed by atoms with Crippen molar-refractivity contribution in [3.8, 4) is 0 Å². The second-order valence-corrected chi connectivity index (χ2v) is 4.26. The smallest absolute Gasteiger partial charge is 0.0948 e. The maximum atomic E-state index is 8.71. The van der Waals surface area contributed by atoms with Crippen molar-refractivity contribution in [1.29, 1.82) is 0 Å². The molecule has 0 amide bonds. The Labute approximate surface area is 105 Å². The van der Waals surface area contributed by atoms with Gasteiger partial charge in [-0.1, -0.05) is 11.6 Å². The van der Waals surface area contributed by atoms with E-state index in [2.05, 4.69) is 10.3 Å². The predicted molar refractivity (Wildman–Crippen MR) is 71.6 cm³/mol. The molecule has 0 atom stereocenters. The molecule has 4 heteroatoms. The van der Waals surface area contributed by atoms with Crippen LogP contribution < -0.4 is 5.32 Å². The van der Waals surface area contributed by atoms with Crippen molar-refractivity contribution in [2.75, 3.05) is 18.5 Å². The molecular weight excluding hydrogens is 236 g/mol. The van der Waals surface area contributed by atoms with Crippen LogP contribution >= 0.6 is 11.6 Å². The predicted octanol–water partition coefficient (Wildman–Crippen LogP) is 3.07. The van der Waals surface area contributed by atoms with E-state index in [0.29, 0.717) is 5.02 Å². The number of halogens is 1. The minimum atomic E-state index is 0.237. The minimum Gasteiger partial charge on any atom is -0.396 e. The highest BCUT2D eigenvalue weighted by molar-refractivity contribution is 6.35. The summed E-state index contributed by atoms with van der Waals surface area (Å²) in [5.74, 6) is 0. The van der Waals surface area contributed by atoms with Crippen molar-refractivity contribution in [3.63, 3.8) is 0 Å². The second kappa shape index (κ2) is 5.84. The number of aliphatic hydroxyl groups is 1. The number of anilines is 1. The van der Waals surface area contributed by atoms with E-state index in [1.165, 1.54) is 0 Å². The molecule has 17 heavy (non-hydrogen) atoms. The maximum Gasteiger partial charge on any atom is 0.0948 e. The van der Waals surface area contributed by atoms with Gasteiger partial charge in [-0.05, 0) is 37.1 Å². The first-order valence-electron chi connectivity index (χ1n) is 5.71. The minimum absolute atomic E-state index is 0.237. The molecule has 3 nitrogen and oxygen atoms in total. The van der Waals surface area contributed by atoms with E-state index in [1.54, 1.807) is 6.20 Å². The molecular formula is C13H15ClN2O. The van der Waals surface area contributed by atoms with Crippen LogP contribution in [0.5, 0.6) is 0 Å². The fourth-order valence-electron chi connectivity index (χ4n) is 1.74. The summed E-state index contributed by atoms with van der Waals surface area (Å²) in [6.07, 6.45) is 3.51. The highest BCUT2D eigenvalue weighted by atomic mass is 35.5. The largest absolute Gasteiger partial charge is 0.396 e. The third-order valence-electron chi connectivity index (χ3n) is 2.62. The number of nitrogens with zero attached hydrogens (tertiary/aromatic N) is 1. The number of fused-ring (bicyclic) bond motifs is 1. The first-order valence-corrected chi connectivity index (χ1v) is 6.08. The standard InChI is InChI=1S/C13H15ClN2O/c14-11-5-6-12(15-7-1-2-9-17)13-10(11)4-3-8-16-13/h3-6,8,15,17H,1-2,7,9H2. The molecule has 2 aromatic rings. The Balaban J connectivity index is 2.20. The Kier molecular flexibility index (Phi) is 4.18. The molecule has 0 unspecified atom stereocenters. The topological polar surface area (TPSA) is 45.1 Å². The summed E-state index contributed by atoms with van der Waals surface area (Å²) in [4.78, 5) is 4.34. The molecule has 0 saturated heterocycles. The van der Waals surface area contributed by atoms with E-state index in [0.717, 1.165) is 36.0 Å². The third kappa shape index (κ3) is 2.87. The Morgan fingerprint density at radius 3 is 2.94 bits per heavy atom. The molecule has 0 radical (unpaired) electrons. The number of hydrogen-bond acceptors (Lipinski definition) is 3. The zero-order valence-corrected chi connectivity index (χ0v) is 10.2. The number of nitrogens with one attached hydrogen (secondary N) is 1. The summed E-state index contributed by atoms with van der Waals surface area (Å²) in [5.41, 5.74) is 1.88. The van der Waals surface area contributed by atoms with E-state index < -0.39 is 0 Å². The van der Waals surface area contributed by atoms with Crippen molar-refractivity contribution < 1.29 is 5.11 Å². The van der Waals surface area contributed by atoms with Gasteiger partial charge in [0.1, 0.15) is 0 Å². The highest BCUT2D eigenvalue weighted by Gasteiger charge is 2.04. The number of benzene rings is 1. The Morgan fingerprint density at radius 2 is 2.12 bits per heavy atom. The Bertz CT molecular complexity index is 502. The van der Waals surface area contributed by atoms with Crippen LogP contribution in [0.4, 0.5) is 5.69 Å². The van der Waals surface area contributed by atoms with E-state index in [-0.39, 0.29) is 6.61 Å². The molecule has 2 N–H and O–H groups in total. The first-order chi connectivity index (χ1) is 8.33. The van der Waals surface area contributed by atoms with Gasteiger partial charge in [0.05, 0.1) is 16.2 Å². The molecule has 0 aliphatic carbocycles. The van der Waals surface area contributed by atoms with Crippen molar-refractivity contribution in [3.05, 3.63) is 35.5 Å². The number of aliphatic hydroxyl groups excluding tert-OH is 1. The van der Waals surface area contributed by atoms with Gasteiger partial charge in [-0.15, -0.1) is 0 Å². The van der Waals surface area contributed by atoms with Gasteiger partial charge in [-0.2, -0.15) is 0 Å². The third-order valence-corrected chi connectivity index (χ3v) is 2.95. The van der Waals surface area contributed by atoms with Crippen LogP contribution in [0.2, 0.25) is 5.02 Å². The SMILES string of the molecule is OCCCCNc1ccc(Cl)c2cccnc12. The molecule has 90 valence electrons. The summed E-state index contributed by atoms with van der Waals surface area (Å²) in [7, 11) is 0. The number of hydrogen-bond donors (Lipinski definition) is 2. The van der Waals surface area contributed by atoms with Gasteiger partial charge >= 0.3 is 0 Å². The van der Waals surface area contributed by atoms with Gasteiger partial charge in [0.2, 0.25) is 0 Å². The second-order valence-electron chi connectivity index (χ2n) is 3.85. The Hall–Kier alpha value is -1.32. The lowest BCUT2D eigenvalue weighted by molar-refractivity contribution is 0.286. The summed E-state index contributed by atoms with van der Waals surface area (Å²) in [6.45, 7) is 1.06. The van der Waals surface area contributed by atoms with Crippen molar-refractivity contribution in [2.24, 2.45) is 0 Å². The van der Waals surface area contributed by atoms with Gasteiger partial charge < -0.3 is 10.4 Å². The van der Waals surface area contributed by atoms with E-state index in [4.69, 9.17) is 16.7 Å². The molecule has 0 saturated carbocycles. The number of rotatable bonds is 5. The van der Waals surface area contributed by atoms with Crippen molar-refractivity contribution in [1.82, 2.24) is 4.98 Å². The zero-order valence-electron chi connectivity index (χ0n) is 9.49. The Morgan fingerprint density at radius 1 is 1.24 bits per heavy atom. The summed E-state index contributed by atoms with van der Waals surface area (Å²) in [6, 6.07) is 7.66. The average Bonchev–Trinajstić information content (AvgIpc) is 2.37. The van der Waals surface area contributed by atoms with Gasteiger partial charge in [0, 0.05) is 24.7 Å². The normalized spacial score (nSPS) is 10.7. The van der Waals surface area contributed by atoms with Crippen LogP contribution in [-0.2, 0) is 0 Å². The summed E-state index contributed by atoms with van der Waals surface area (Å²) < 4.78 is 0. The molecule has 0 bridgehead atoms. The van der Waals surface area contributed by atoms with E-state index >= 15 is 0 Å². The van der Waals surface area contributed by atoms with Crippen LogP contribution in [0.25, 0.3) is 10.9 Å². The molecule has 2 rings (SSSR count). The van der Waals surface area contributed by atoms with Gasteiger partial charge in [0.25, 0.3) is 0 Å². The highest BCUT2D eigenvalue weighted by Crippen LogP contribution is 2.27. The molecule has 1 aromatic carbocycles. The summed E-state index contributed by atoms with van der Waals surface area (Å²) >= 11 is 6.11. The van der Waals surface area contributed by atoms with E-state index in [1.807, 2.05) is 24.3 Å². The number of unbranched alkanes of at least 4 members (excludes halogenated alkanes) is 1. The zero-order chi connectivity index (χ0) is 12.1. The lowest BCUT2D eigenvalue weighted by Gasteiger charge is -2.09. The average molecular weight is 251 g/mol. The molecule has 1 heterocycles.